The first kappa shape index (κ1) is 27.0. The lowest BCUT2D eigenvalue weighted by Crippen LogP contribution is -2.54. The molecular formula is C27H36ClNO4. The van der Waals surface area contributed by atoms with Crippen LogP contribution in [0.3, 0.4) is 0 Å². The minimum Gasteiger partial charge on any atom is -0.462 e. The van der Waals surface area contributed by atoms with Crippen molar-refractivity contribution >= 4 is 24.2 Å². The summed E-state index contributed by atoms with van der Waals surface area (Å²) in [7, 11) is 0. The maximum absolute atomic E-state index is 13.5. The molecule has 0 spiro atoms. The van der Waals surface area contributed by atoms with Crippen LogP contribution in [0.1, 0.15) is 44.2 Å². The summed E-state index contributed by atoms with van der Waals surface area (Å²) in [4.78, 5) is 29.3. The number of hydrogen-bond donors (Lipinski definition) is 0. The Morgan fingerprint density at radius 3 is 2.06 bits per heavy atom. The third-order valence-electron chi connectivity index (χ3n) is 5.97. The van der Waals surface area contributed by atoms with Crippen molar-refractivity contribution in [3.8, 4) is 0 Å². The van der Waals surface area contributed by atoms with Crippen molar-refractivity contribution in [1.29, 1.82) is 0 Å². The molecule has 2 aromatic rings. The number of ketones is 1. The maximum Gasteiger partial charge on any atom is 0.346 e. The summed E-state index contributed by atoms with van der Waals surface area (Å²) in [6, 6.07) is 19.1. The van der Waals surface area contributed by atoms with E-state index in [9.17, 15) is 9.59 Å². The van der Waals surface area contributed by atoms with Crippen LogP contribution in [0, 0.1) is 5.92 Å². The van der Waals surface area contributed by atoms with Crippen LogP contribution >= 0.6 is 12.4 Å². The number of piperidine rings is 1. The second-order valence-electron chi connectivity index (χ2n) is 8.82. The van der Waals surface area contributed by atoms with Gasteiger partial charge in [0, 0.05) is 18.9 Å². The minimum absolute atomic E-state index is 0. The quantitative estimate of drug-likeness (QED) is 0.344. The zero-order valence-corrected chi connectivity index (χ0v) is 20.5. The second-order valence-corrected chi connectivity index (χ2v) is 8.82. The monoisotopic (exact) mass is 473 g/mol. The number of nitrogens with zero attached hydrogens (tertiary/aromatic N) is 1. The van der Waals surface area contributed by atoms with Gasteiger partial charge in [-0.25, -0.2) is 4.79 Å². The van der Waals surface area contributed by atoms with Crippen LogP contribution in [-0.4, -0.2) is 48.5 Å². The summed E-state index contributed by atoms with van der Waals surface area (Å²) in [5, 5.41) is 0. The van der Waals surface area contributed by atoms with Crippen molar-refractivity contribution < 1.29 is 19.1 Å². The Bertz CT molecular complexity index is 853. The van der Waals surface area contributed by atoms with E-state index in [4.69, 9.17) is 9.47 Å². The molecular weight excluding hydrogens is 438 g/mol. The van der Waals surface area contributed by atoms with E-state index in [0.29, 0.717) is 6.54 Å². The van der Waals surface area contributed by atoms with E-state index in [1.807, 2.05) is 60.7 Å². The van der Waals surface area contributed by atoms with Gasteiger partial charge in [-0.1, -0.05) is 80.9 Å². The second kappa shape index (κ2) is 13.5. The van der Waals surface area contributed by atoms with Gasteiger partial charge in [-0.15, -0.1) is 12.4 Å². The largest absolute Gasteiger partial charge is 0.462 e. The number of carbonyl (C=O) groups excluding carboxylic acids is 2. The number of rotatable bonds is 11. The standard InChI is InChI=1S/C27H35NO4.ClH/c1-22(2)25(29)27(20-23-12-6-3-7-13-23,32-21-24-14-8-4-9-15-24)26(30)31-19-18-28-16-10-5-11-17-28;/h3-4,6-9,12-15,22H,5,10-11,16-21H2,1-2H3;1H. The molecule has 3 rings (SSSR count). The molecule has 0 N–H and O–H groups in total. The lowest BCUT2D eigenvalue weighted by molar-refractivity contribution is -0.181. The molecule has 1 fully saturated rings. The number of halogens is 1. The van der Waals surface area contributed by atoms with Crippen molar-refractivity contribution in [2.75, 3.05) is 26.2 Å². The summed E-state index contributed by atoms with van der Waals surface area (Å²) in [6.45, 7) is 6.76. The van der Waals surface area contributed by atoms with E-state index in [1.54, 1.807) is 13.8 Å². The van der Waals surface area contributed by atoms with Gasteiger partial charge in [-0.05, 0) is 37.1 Å². The van der Waals surface area contributed by atoms with Gasteiger partial charge in [-0.3, -0.25) is 9.69 Å². The van der Waals surface area contributed by atoms with E-state index >= 15 is 0 Å². The number of ether oxygens (including phenoxy) is 2. The number of carbonyl (C=O) groups is 2. The van der Waals surface area contributed by atoms with Crippen LogP contribution in [0.15, 0.2) is 60.7 Å². The van der Waals surface area contributed by atoms with Gasteiger partial charge in [0.15, 0.2) is 5.78 Å². The Labute approximate surface area is 203 Å². The molecule has 180 valence electrons. The highest BCUT2D eigenvalue weighted by Gasteiger charge is 2.49. The van der Waals surface area contributed by atoms with Crippen molar-refractivity contribution in [2.24, 2.45) is 5.92 Å². The number of likely N-dealkylation sites (tertiary alicyclic amines) is 1. The van der Waals surface area contributed by atoms with Crippen LogP contribution in [-0.2, 0) is 32.1 Å². The fraction of sp³-hybridized carbons (Fsp3) is 0.481. The van der Waals surface area contributed by atoms with Crippen LogP contribution in [0.2, 0.25) is 0 Å². The van der Waals surface area contributed by atoms with Gasteiger partial charge in [0.25, 0.3) is 0 Å². The van der Waals surface area contributed by atoms with Gasteiger partial charge in [0.1, 0.15) is 6.61 Å². The van der Waals surface area contributed by atoms with Crippen molar-refractivity contribution in [1.82, 2.24) is 4.90 Å². The van der Waals surface area contributed by atoms with Crippen LogP contribution in [0.4, 0.5) is 0 Å². The SMILES string of the molecule is CC(C)C(=O)C(Cc1ccccc1)(OCc1ccccc1)C(=O)OCCN1CCCCC1.Cl. The molecule has 0 aliphatic carbocycles. The average Bonchev–Trinajstić information content (AvgIpc) is 2.83. The molecule has 1 atom stereocenters. The van der Waals surface area contributed by atoms with E-state index in [2.05, 4.69) is 4.90 Å². The smallest absolute Gasteiger partial charge is 0.346 e. The van der Waals surface area contributed by atoms with Crippen molar-refractivity contribution in [3.63, 3.8) is 0 Å². The predicted molar refractivity (Wildman–Crippen MR) is 132 cm³/mol. The highest BCUT2D eigenvalue weighted by atomic mass is 35.5. The van der Waals surface area contributed by atoms with E-state index in [-0.39, 0.29) is 43.7 Å². The zero-order chi connectivity index (χ0) is 22.8. The molecule has 6 heteroatoms. The van der Waals surface area contributed by atoms with Crippen molar-refractivity contribution in [2.45, 2.75) is 51.7 Å². The third-order valence-corrected chi connectivity index (χ3v) is 5.97. The molecule has 1 aliphatic rings. The molecule has 0 saturated carbocycles. The molecule has 1 unspecified atom stereocenters. The van der Waals surface area contributed by atoms with Gasteiger partial charge < -0.3 is 9.47 Å². The predicted octanol–water partition coefficient (Wildman–Crippen LogP) is 4.86. The fourth-order valence-corrected chi connectivity index (χ4v) is 4.14. The molecule has 1 saturated heterocycles. The Morgan fingerprint density at radius 1 is 0.909 bits per heavy atom. The summed E-state index contributed by atoms with van der Waals surface area (Å²) in [5.74, 6) is -1.21. The van der Waals surface area contributed by atoms with Gasteiger partial charge in [0.2, 0.25) is 5.60 Å². The van der Waals surface area contributed by atoms with E-state index < -0.39 is 11.6 Å². The number of benzene rings is 2. The summed E-state index contributed by atoms with van der Waals surface area (Å²) < 4.78 is 11.9. The molecule has 5 nitrogen and oxygen atoms in total. The highest BCUT2D eigenvalue weighted by Crippen LogP contribution is 2.27. The molecule has 0 radical (unpaired) electrons. The van der Waals surface area contributed by atoms with Gasteiger partial charge in [-0.2, -0.15) is 0 Å². The number of esters is 1. The van der Waals surface area contributed by atoms with E-state index in [0.717, 1.165) is 24.2 Å². The van der Waals surface area contributed by atoms with Gasteiger partial charge in [0.05, 0.1) is 6.61 Å². The molecule has 1 heterocycles. The average molecular weight is 474 g/mol. The van der Waals surface area contributed by atoms with Gasteiger partial charge >= 0.3 is 5.97 Å². The summed E-state index contributed by atoms with van der Waals surface area (Å²) >= 11 is 0. The van der Waals surface area contributed by atoms with Crippen LogP contribution in [0.25, 0.3) is 0 Å². The van der Waals surface area contributed by atoms with Crippen LogP contribution in [0.5, 0.6) is 0 Å². The Hall–Kier alpha value is -2.21. The first-order valence-corrected chi connectivity index (χ1v) is 11.7. The summed E-state index contributed by atoms with van der Waals surface area (Å²) in [5.41, 5.74) is 0.0953. The molecule has 2 aromatic carbocycles. The first-order chi connectivity index (χ1) is 15.5. The fourth-order valence-electron chi connectivity index (χ4n) is 4.14. The van der Waals surface area contributed by atoms with E-state index in [1.165, 1.54) is 19.3 Å². The highest BCUT2D eigenvalue weighted by molar-refractivity contribution is 6.08. The molecule has 0 amide bonds. The topological polar surface area (TPSA) is 55.8 Å². The molecule has 0 aromatic heterocycles. The lowest BCUT2D eigenvalue weighted by Gasteiger charge is -2.32. The third kappa shape index (κ3) is 7.66. The lowest BCUT2D eigenvalue weighted by atomic mass is 9.84. The number of hydrogen-bond acceptors (Lipinski definition) is 5. The summed E-state index contributed by atoms with van der Waals surface area (Å²) in [6.07, 6.45) is 3.77. The Kier molecular flexibility index (Phi) is 11.0. The Balaban J connectivity index is 0.00000385. The number of Topliss-reactive ketones (excluding diaryl/α,β-unsaturated/α-hetero) is 1. The van der Waals surface area contributed by atoms with Crippen molar-refractivity contribution in [3.05, 3.63) is 71.8 Å². The van der Waals surface area contributed by atoms with Crippen LogP contribution < -0.4 is 0 Å². The molecule has 0 bridgehead atoms. The molecule has 1 aliphatic heterocycles. The molecule has 33 heavy (non-hydrogen) atoms. The first-order valence-electron chi connectivity index (χ1n) is 11.7. The zero-order valence-electron chi connectivity index (χ0n) is 19.7. The Morgan fingerprint density at radius 2 is 1.48 bits per heavy atom. The maximum atomic E-state index is 13.5. The minimum atomic E-state index is -1.67. The normalized spacial score (nSPS) is 16.0.